The Hall–Kier alpha value is -2.59. The van der Waals surface area contributed by atoms with Crippen LogP contribution in [0, 0.1) is 0 Å². The van der Waals surface area contributed by atoms with E-state index in [1.54, 1.807) is 0 Å². The first-order chi connectivity index (χ1) is 10.2. The number of hydrogen-bond acceptors (Lipinski definition) is 8. The fourth-order valence-corrected chi connectivity index (χ4v) is 2.43. The SMILES string of the molecule is NCc1c(C(=O)O)nnn1Cc1nc(-c2cccs2)no1. The molecule has 0 bridgehead atoms. The number of nitrogens with zero attached hydrogens (tertiary/aromatic N) is 5. The molecule has 3 aromatic rings. The van der Waals surface area contributed by atoms with Gasteiger partial charge in [0.15, 0.2) is 5.69 Å². The zero-order chi connectivity index (χ0) is 14.8. The van der Waals surface area contributed by atoms with E-state index in [1.807, 2.05) is 17.5 Å². The number of carbonyl (C=O) groups is 1. The van der Waals surface area contributed by atoms with Gasteiger partial charge in [-0.05, 0) is 11.4 Å². The zero-order valence-corrected chi connectivity index (χ0v) is 11.4. The predicted octanol–water partition coefficient (Wildman–Crippen LogP) is 0.595. The Morgan fingerprint density at radius 1 is 1.52 bits per heavy atom. The highest BCUT2D eigenvalue weighted by atomic mass is 32.1. The second-order valence-corrected chi connectivity index (χ2v) is 4.99. The lowest BCUT2D eigenvalue weighted by molar-refractivity contribution is 0.0689. The van der Waals surface area contributed by atoms with E-state index in [-0.39, 0.29) is 18.8 Å². The number of hydrogen-bond donors (Lipinski definition) is 2. The van der Waals surface area contributed by atoms with Gasteiger partial charge < -0.3 is 15.4 Å². The third-order valence-electron chi connectivity index (χ3n) is 2.73. The average molecular weight is 306 g/mol. The Morgan fingerprint density at radius 2 is 2.38 bits per heavy atom. The number of carboxylic acids is 1. The zero-order valence-electron chi connectivity index (χ0n) is 10.6. The van der Waals surface area contributed by atoms with Crippen molar-refractivity contribution < 1.29 is 14.4 Å². The van der Waals surface area contributed by atoms with Crippen molar-refractivity contribution in [2.45, 2.75) is 13.1 Å². The van der Waals surface area contributed by atoms with Crippen molar-refractivity contribution in [3.05, 3.63) is 34.8 Å². The summed E-state index contributed by atoms with van der Waals surface area (Å²) in [6, 6.07) is 3.77. The summed E-state index contributed by atoms with van der Waals surface area (Å²) in [6.45, 7) is 0.117. The third kappa shape index (κ3) is 2.53. The lowest BCUT2D eigenvalue weighted by Crippen LogP contribution is -2.13. The molecule has 3 rings (SSSR count). The molecule has 0 spiro atoms. The Labute approximate surface area is 122 Å². The minimum absolute atomic E-state index is 0.000548. The molecular weight excluding hydrogens is 296 g/mol. The fourth-order valence-electron chi connectivity index (χ4n) is 1.78. The lowest BCUT2D eigenvalue weighted by atomic mass is 10.3. The lowest BCUT2D eigenvalue weighted by Gasteiger charge is -2.00. The van der Waals surface area contributed by atoms with E-state index in [4.69, 9.17) is 15.4 Å². The first kappa shape index (κ1) is 13.4. The Kier molecular flexibility index (Phi) is 3.46. The summed E-state index contributed by atoms with van der Waals surface area (Å²) in [4.78, 5) is 16.1. The van der Waals surface area contributed by atoms with Crippen LogP contribution in [0.25, 0.3) is 10.7 Å². The first-order valence-electron chi connectivity index (χ1n) is 5.91. The molecule has 0 radical (unpaired) electrons. The van der Waals surface area contributed by atoms with Crippen LogP contribution in [0.3, 0.4) is 0 Å². The summed E-state index contributed by atoms with van der Waals surface area (Å²) in [6.07, 6.45) is 0. The van der Waals surface area contributed by atoms with Crippen LogP contribution >= 0.6 is 11.3 Å². The van der Waals surface area contributed by atoms with E-state index < -0.39 is 5.97 Å². The van der Waals surface area contributed by atoms with Crippen molar-refractivity contribution in [2.75, 3.05) is 0 Å². The maximum absolute atomic E-state index is 11.0. The van der Waals surface area contributed by atoms with Crippen molar-refractivity contribution in [1.29, 1.82) is 0 Å². The van der Waals surface area contributed by atoms with Crippen LogP contribution in [0.5, 0.6) is 0 Å². The summed E-state index contributed by atoms with van der Waals surface area (Å²) in [5.74, 6) is -0.394. The van der Waals surface area contributed by atoms with Gasteiger partial charge in [0.05, 0.1) is 10.6 Å². The molecule has 3 heterocycles. The molecule has 0 atom stereocenters. The van der Waals surface area contributed by atoms with Gasteiger partial charge in [0.2, 0.25) is 11.7 Å². The predicted molar refractivity (Wildman–Crippen MR) is 71.6 cm³/mol. The van der Waals surface area contributed by atoms with Gasteiger partial charge in [-0.15, -0.1) is 16.4 Å². The van der Waals surface area contributed by atoms with Crippen LogP contribution in [0.4, 0.5) is 0 Å². The summed E-state index contributed by atoms with van der Waals surface area (Å²) in [5.41, 5.74) is 5.67. The van der Waals surface area contributed by atoms with Crippen LogP contribution < -0.4 is 5.73 Å². The molecule has 10 heteroatoms. The molecule has 0 aliphatic rings. The van der Waals surface area contributed by atoms with E-state index in [0.29, 0.717) is 17.4 Å². The topological polar surface area (TPSA) is 133 Å². The van der Waals surface area contributed by atoms with Gasteiger partial charge in [-0.2, -0.15) is 4.98 Å². The Morgan fingerprint density at radius 3 is 3.05 bits per heavy atom. The second kappa shape index (κ2) is 5.42. The first-order valence-corrected chi connectivity index (χ1v) is 6.79. The van der Waals surface area contributed by atoms with Crippen LogP contribution in [-0.2, 0) is 13.1 Å². The fraction of sp³-hybridized carbons (Fsp3) is 0.182. The average Bonchev–Trinajstić information content (AvgIpc) is 3.18. The molecule has 9 nitrogen and oxygen atoms in total. The van der Waals surface area contributed by atoms with Crippen molar-refractivity contribution in [3.8, 4) is 10.7 Å². The molecular formula is C11H10N6O3S. The number of nitrogens with two attached hydrogens (primary N) is 1. The highest BCUT2D eigenvalue weighted by Crippen LogP contribution is 2.21. The second-order valence-electron chi connectivity index (χ2n) is 4.04. The van der Waals surface area contributed by atoms with Crippen molar-refractivity contribution in [3.63, 3.8) is 0 Å². The molecule has 3 N–H and O–H groups in total. The van der Waals surface area contributed by atoms with Crippen LogP contribution in [-0.4, -0.2) is 36.2 Å². The molecule has 0 aliphatic heterocycles. The molecule has 0 amide bonds. The van der Waals surface area contributed by atoms with Gasteiger partial charge in [0.1, 0.15) is 6.54 Å². The number of aromatic nitrogens is 5. The maximum Gasteiger partial charge on any atom is 0.358 e. The van der Waals surface area contributed by atoms with Gasteiger partial charge in [0.25, 0.3) is 0 Å². The highest BCUT2D eigenvalue weighted by Gasteiger charge is 2.19. The van der Waals surface area contributed by atoms with E-state index in [9.17, 15) is 4.79 Å². The largest absolute Gasteiger partial charge is 0.476 e. The molecule has 0 aliphatic carbocycles. The number of thiophene rings is 1. The van der Waals surface area contributed by atoms with Crippen LogP contribution in [0.2, 0.25) is 0 Å². The van der Waals surface area contributed by atoms with Crippen molar-refractivity contribution in [2.24, 2.45) is 5.73 Å². The van der Waals surface area contributed by atoms with Crippen LogP contribution in [0.15, 0.2) is 22.0 Å². The molecule has 0 saturated carbocycles. The number of rotatable bonds is 5. The van der Waals surface area contributed by atoms with E-state index >= 15 is 0 Å². The smallest absolute Gasteiger partial charge is 0.358 e. The monoisotopic (exact) mass is 306 g/mol. The van der Waals surface area contributed by atoms with Crippen molar-refractivity contribution >= 4 is 17.3 Å². The molecule has 3 aromatic heterocycles. The summed E-state index contributed by atoms with van der Waals surface area (Å²) in [5, 5.41) is 22.1. The minimum atomic E-state index is -1.17. The Bertz CT molecular complexity index is 763. The van der Waals surface area contributed by atoms with Gasteiger partial charge in [0, 0.05) is 6.54 Å². The number of aromatic carboxylic acids is 1. The summed E-state index contributed by atoms with van der Waals surface area (Å²) >= 11 is 1.49. The summed E-state index contributed by atoms with van der Waals surface area (Å²) in [7, 11) is 0. The number of carboxylic acid groups (broad SMARTS) is 1. The quantitative estimate of drug-likeness (QED) is 0.699. The summed E-state index contributed by atoms with van der Waals surface area (Å²) < 4.78 is 6.47. The third-order valence-corrected chi connectivity index (χ3v) is 3.59. The van der Waals surface area contributed by atoms with Gasteiger partial charge in [-0.1, -0.05) is 16.4 Å². The normalized spacial score (nSPS) is 10.9. The molecule has 0 aromatic carbocycles. The standard InChI is InChI=1S/C11H10N6O3S/c12-4-6-9(11(18)19)14-16-17(6)5-8-13-10(15-20-8)7-2-1-3-21-7/h1-3H,4-5,12H2,(H,18,19). The van der Waals surface area contributed by atoms with Gasteiger partial charge >= 0.3 is 5.97 Å². The van der Waals surface area contributed by atoms with Crippen molar-refractivity contribution in [1.82, 2.24) is 25.1 Å². The molecule has 0 saturated heterocycles. The molecule has 108 valence electrons. The minimum Gasteiger partial charge on any atom is -0.476 e. The van der Waals surface area contributed by atoms with E-state index in [0.717, 1.165) is 4.88 Å². The van der Waals surface area contributed by atoms with Gasteiger partial charge in [-0.3, -0.25) is 0 Å². The van der Waals surface area contributed by atoms with Gasteiger partial charge in [-0.25, -0.2) is 9.48 Å². The molecule has 21 heavy (non-hydrogen) atoms. The maximum atomic E-state index is 11.0. The molecule has 0 unspecified atom stereocenters. The Balaban J connectivity index is 1.86. The highest BCUT2D eigenvalue weighted by molar-refractivity contribution is 7.13. The van der Waals surface area contributed by atoms with E-state index in [1.165, 1.54) is 16.0 Å². The van der Waals surface area contributed by atoms with E-state index in [2.05, 4.69) is 20.5 Å². The van der Waals surface area contributed by atoms with Crippen LogP contribution in [0.1, 0.15) is 22.1 Å². The molecule has 0 fully saturated rings.